The van der Waals surface area contributed by atoms with E-state index in [9.17, 15) is 18.3 Å². The van der Waals surface area contributed by atoms with E-state index in [0.717, 1.165) is 37.8 Å². The summed E-state index contributed by atoms with van der Waals surface area (Å²) in [6.45, 7) is 0. The van der Waals surface area contributed by atoms with E-state index >= 15 is 0 Å². The lowest BCUT2D eigenvalue weighted by Gasteiger charge is -2.18. The molecular formula is C14H16BrF3O. The molecule has 5 heteroatoms. The first-order valence-electron chi connectivity index (χ1n) is 6.42. The fraction of sp³-hybridized carbons (Fsp3) is 0.571. The summed E-state index contributed by atoms with van der Waals surface area (Å²) >= 11 is 3.22. The normalized spacial score (nSPS) is 18.8. The molecule has 2 rings (SSSR count). The number of benzene rings is 1. The Kier molecular flexibility index (Phi) is 4.56. The molecule has 1 N–H and O–H groups in total. The third-order valence-corrected chi connectivity index (χ3v) is 4.44. The first-order valence-corrected chi connectivity index (χ1v) is 7.22. The van der Waals surface area contributed by atoms with Gasteiger partial charge >= 0.3 is 6.18 Å². The summed E-state index contributed by atoms with van der Waals surface area (Å²) in [5.74, 6) is 0.427. The van der Waals surface area contributed by atoms with E-state index in [2.05, 4.69) is 15.9 Å². The number of halogens is 4. The molecule has 1 aromatic rings. The van der Waals surface area contributed by atoms with Crippen molar-refractivity contribution in [1.29, 1.82) is 0 Å². The van der Waals surface area contributed by atoms with Crippen LogP contribution in [-0.4, -0.2) is 5.11 Å². The summed E-state index contributed by atoms with van der Waals surface area (Å²) in [4.78, 5) is 0. The Bertz CT molecular complexity index is 439. The first-order chi connectivity index (χ1) is 8.88. The molecule has 0 bridgehead atoms. The molecule has 1 saturated carbocycles. The maximum atomic E-state index is 12.7. The van der Waals surface area contributed by atoms with Crippen molar-refractivity contribution < 1.29 is 18.3 Å². The minimum absolute atomic E-state index is 0.335. The van der Waals surface area contributed by atoms with E-state index in [4.69, 9.17) is 0 Å². The molecule has 1 atom stereocenters. The van der Waals surface area contributed by atoms with Gasteiger partial charge in [-0.15, -0.1) is 0 Å². The van der Waals surface area contributed by atoms with Crippen LogP contribution >= 0.6 is 15.9 Å². The fourth-order valence-corrected chi connectivity index (χ4v) is 3.18. The lowest BCUT2D eigenvalue weighted by atomic mass is 9.95. The van der Waals surface area contributed by atoms with Crippen molar-refractivity contribution in [1.82, 2.24) is 0 Å². The van der Waals surface area contributed by atoms with Crippen molar-refractivity contribution in [3.63, 3.8) is 0 Å². The molecule has 19 heavy (non-hydrogen) atoms. The van der Waals surface area contributed by atoms with Crippen LogP contribution in [0.4, 0.5) is 13.2 Å². The first kappa shape index (κ1) is 14.9. The lowest BCUT2D eigenvalue weighted by molar-refractivity contribution is -0.137. The summed E-state index contributed by atoms with van der Waals surface area (Å²) in [6.07, 6.45) is -0.230. The van der Waals surface area contributed by atoms with Crippen molar-refractivity contribution in [3.05, 3.63) is 33.8 Å². The van der Waals surface area contributed by atoms with Crippen LogP contribution in [0, 0.1) is 5.92 Å². The van der Waals surface area contributed by atoms with Gasteiger partial charge in [0.1, 0.15) is 0 Å². The van der Waals surface area contributed by atoms with Gasteiger partial charge in [-0.25, -0.2) is 0 Å². The summed E-state index contributed by atoms with van der Waals surface area (Å²) in [5.41, 5.74) is -0.377. The number of alkyl halides is 3. The van der Waals surface area contributed by atoms with Gasteiger partial charge in [0.25, 0.3) is 0 Å². The van der Waals surface area contributed by atoms with Crippen LogP contribution in [0.25, 0.3) is 0 Å². The summed E-state index contributed by atoms with van der Waals surface area (Å²) in [5, 5.41) is 10.2. The van der Waals surface area contributed by atoms with E-state index in [-0.39, 0.29) is 0 Å². The zero-order chi connectivity index (χ0) is 14.0. The second-order valence-corrected chi connectivity index (χ2v) is 5.99. The minimum Gasteiger partial charge on any atom is -0.388 e. The van der Waals surface area contributed by atoms with Crippen LogP contribution in [-0.2, 0) is 6.18 Å². The van der Waals surface area contributed by atoms with Crippen LogP contribution in [0.1, 0.15) is 49.3 Å². The quantitative estimate of drug-likeness (QED) is 0.815. The van der Waals surface area contributed by atoms with Gasteiger partial charge in [-0.05, 0) is 36.1 Å². The fourth-order valence-electron chi connectivity index (χ4n) is 2.66. The number of aliphatic hydroxyl groups excluding tert-OH is 1. The molecule has 0 radical (unpaired) electrons. The summed E-state index contributed by atoms with van der Waals surface area (Å²) in [6, 6.07) is 3.43. The smallest absolute Gasteiger partial charge is 0.388 e. The zero-order valence-corrected chi connectivity index (χ0v) is 12.0. The number of rotatable bonds is 3. The van der Waals surface area contributed by atoms with Gasteiger partial charge in [0, 0.05) is 4.47 Å². The van der Waals surface area contributed by atoms with Crippen LogP contribution in [0.15, 0.2) is 22.7 Å². The SMILES string of the molecule is OC(CC1CCCC1)c1cc(C(F)(F)F)ccc1Br. The van der Waals surface area contributed by atoms with Crippen molar-refractivity contribution >= 4 is 15.9 Å². The molecule has 0 amide bonds. The van der Waals surface area contributed by atoms with Gasteiger partial charge in [0.15, 0.2) is 0 Å². The third-order valence-electron chi connectivity index (χ3n) is 3.71. The highest BCUT2D eigenvalue weighted by Gasteiger charge is 2.32. The van der Waals surface area contributed by atoms with E-state index in [1.807, 2.05) is 0 Å². The van der Waals surface area contributed by atoms with E-state index in [1.54, 1.807) is 0 Å². The molecule has 1 unspecified atom stereocenters. The van der Waals surface area contributed by atoms with Gasteiger partial charge in [0.05, 0.1) is 11.7 Å². The van der Waals surface area contributed by atoms with E-state index in [1.165, 1.54) is 6.07 Å². The maximum Gasteiger partial charge on any atom is 0.416 e. The molecule has 0 spiro atoms. The summed E-state index contributed by atoms with van der Waals surface area (Å²) in [7, 11) is 0. The molecule has 0 heterocycles. The number of hydrogen-bond acceptors (Lipinski definition) is 1. The topological polar surface area (TPSA) is 20.2 Å². The lowest BCUT2D eigenvalue weighted by Crippen LogP contribution is -2.09. The standard InChI is InChI=1S/C14H16BrF3O/c15-12-6-5-10(14(16,17)18)8-11(12)13(19)7-9-3-1-2-4-9/h5-6,8-9,13,19H,1-4,7H2. The van der Waals surface area contributed by atoms with Gasteiger partial charge in [-0.2, -0.15) is 13.2 Å². The predicted octanol–water partition coefficient (Wildman–Crippen LogP) is 5.08. The third kappa shape index (κ3) is 3.72. The van der Waals surface area contributed by atoms with Crippen molar-refractivity contribution in [2.45, 2.75) is 44.4 Å². The molecule has 1 aliphatic rings. The van der Waals surface area contributed by atoms with Crippen LogP contribution in [0.5, 0.6) is 0 Å². The van der Waals surface area contributed by atoms with E-state index in [0.29, 0.717) is 22.4 Å². The highest BCUT2D eigenvalue weighted by Crippen LogP contribution is 2.38. The zero-order valence-electron chi connectivity index (χ0n) is 10.4. The van der Waals surface area contributed by atoms with Crippen molar-refractivity contribution in [2.24, 2.45) is 5.92 Å². The molecule has 1 nitrogen and oxygen atoms in total. The Morgan fingerprint density at radius 1 is 1.26 bits per heavy atom. The Morgan fingerprint density at radius 3 is 2.47 bits per heavy atom. The monoisotopic (exact) mass is 336 g/mol. The second-order valence-electron chi connectivity index (χ2n) is 5.14. The largest absolute Gasteiger partial charge is 0.416 e. The Balaban J connectivity index is 2.17. The predicted molar refractivity (Wildman–Crippen MR) is 70.7 cm³/mol. The highest BCUT2D eigenvalue weighted by molar-refractivity contribution is 9.10. The van der Waals surface area contributed by atoms with Crippen LogP contribution in [0.3, 0.4) is 0 Å². The highest BCUT2D eigenvalue weighted by atomic mass is 79.9. The molecule has 0 aromatic heterocycles. The van der Waals surface area contributed by atoms with Gasteiger partial charge in [-0.3, -0.25) is 0 Å². The Morgan fingerprint density at radius 2 is 1.89 bits per heavy atom. The summed E-state index contributed by atoms with van der Waals surface area (Å²) < 4.78 is 38.5. The average Bonchev–Trinajstić information content (AvgIpc) is 2.80. The minimum atomic E-state index is -4.37. The molecule has 106 valence electrons. The van der Waals surface area contributed by atoms with Crippen LogP contribution in [0.2, 0.25) is 0 Å². The molecule has 1 aliphatic carbocycles. The van der Waals surface area contributed by atoms with Gasteiger partial charge in [-0.1, -0.05) is 41.6 Å². The van der Waals surface area contributed by atoms with Crippen LogP contribution < -0.4 is 0 Å². The molecular weight excluding hydrogens is 321 g/mol. The Hall–Kier alpha value is -0.550. The molecule has 1 fully saturated rings. The molecule has 1 aromatic carbocycles. The molecule has 0 saturated heterocycles. The van der Waals surface area contributed by atoms with Gasteiger partial charge < -0.3 is 5.11 Å². The van der Waals surface area contributed by atoms with Crippen molar-refractivity contribution in [3.8, 4) is 0 Å². The molecule has 0 aliphatic heterocycles. The Labute approximate surface area is 119 Å². The van der Waals surface area contributed by atoms with Crippen molar-refractivity contribution in [2.75, 3.05) is 0 Å². The average molecular weight is 337 g/mol. The maximum absolute atomic E-state index is 12.7. The second kappa shape index (κ2) is 5.83. The number of aliphatic hydroxyl groups is 1. The van der Waals surface area contributed by atoms with E-state index < -0.39 is 17.8 Å². The van der Waals surface area contributed by atoms with Gasteiger partial charge in [0.2, 0.25) is 0 Å². The number of hydrogen-bond donors (Lipinski definition) is 1.